The average molecular weight is 228 g/mol. The van der Waals surface area contributed by atoms with Gasteiger partial charge in [0.05, 0.1) is 0 Å². The summed E-state index contributed by atoms with van der Waals surface area (Å²) in [7, 11) is 0. The largest absolute Gasteiger partial charge is 0.264 e. The Bertz CT molecular complexity index is 416. The SMILES string of the molecule is CC(C)(C)c1cccnc1.Cc1cccnc1. The Morgan fingerprint density at radius 1 is 0.882 bits per heavy atom. The van der Waals surface area contributed by atoms with Crippen molar-refractivity contribution in [1.29, 1.82) is 0 Å². The van der Waals surface area contributed by atoms with E-state index < -0.39 is 0 Å². The Labute approximate surface area is 104 Å². The highest BCUT2D eigenvalue weighted by atomic mass is 14.6. The Hall–Kier alpha value is -1.70. The lowest BCUT2D eigenvalue weighted by atomic mass is 9.88. The summed E-state index contributed by atoms with van der Waals surface area (Å²) in [5.41, 5.74) is 2.73. The molecule has 0 atom stereocenters. The third kappa shape index (κ3) is 5.25. The van der Waals surface area contributed by atoms with Gasteiger partial charge >= 0.3 is 0 Å². The maximum atomic E-state index is 4.05. The first-order valence-electron chi connectivity index (χ1n) is 5.77. The molecule has 0 N–H and O–H groups in total. The van der Waals surface area contributed by atoms with Crippen LogP contribution in [0.5, 0.6) is 0 Å². The Morgan fingerprint density at radius 2 is 1.47 bits per heavy atom. The van der Waals surface area contributed by atoms with Gasteiger partial charge in [-0.25, -0.2) is 0 Å². The molecule has 17 heavy (non-hydrogen) atoms. The van der Waals surface area contributed by atoms with Crippen LogP contribution in [0.15, 0.2) is 49.1 Å². The molecule has 0 bridgehead atoms. The zero-order valence-corrected chi connectivity index (χ0v) is 11.0. The molecule has 0 radical (unpaired) electrons. The van der Waals surface area contributed by atoms with Crippen molar-refractivity contribution in [3.8, 4) is 0 Å². The monoisotopic (exact) mass is 228 g/mol. The minimum absolute atomic E-state index is 0.230. The fraction of sp³-hybridized carbons (Fsp3) is 0.333. The first-order valence-corrected chi connectivity index (χ1v) is 5.77. The molecule has 0 unspecified atom stereocenters. The first-order chi connectivity index (χ1) is 8.00. The predicted molar refractivity (Wildman–Crippen MR) is 71.9 cm³/mol. The lowest BCUT2D eigenvalue weighted by Gasteiger charge is -2.17. The number of rotatable bonds is 0. The number of aromatic nitrogens is 2. The Morgan fingerprint density at radius 3 is 1.71 bits per heavy atom. The van der Waals surface area contributed by atoms with E-state index in [1.165, 1.54) is 11.1 Å². The molecule has 0 spiro atoms. The number of aryl methyl sites for hydroxylation is 1. The van der Waals surface area contributed by atoms with E-state index in [1.54, 1.807) is 12.4 Å². The first kappa shape index (κ1) is 13.4. The molecule has 2 nitrogen and oxygen atoms in total. The minimum Gasteiger partial charge on any atom is -0.264 e. The van der Waals surface area contributed by atoms with Crippen LogP contribution < -0.4 is 0 Å². The summed E-state index contributed by atoms with van der Waals surface area (Å²) in [5, 5.41) is 0. The Balaban J connectivity index is 0.000000181. The predicted octanol–water partition coefficient (Wildman–Crippen LogP) is 3.77. The molecule has 0 aliphatic heterocycles. The van der Waals surface area contributed by atoms with Gasteiger partial charge in [0.15, 0.2) is 0 Å². The average Bonchev–Trinajstić information content (AvgIpc) is 2.31. The van der Waals surface area contributed by atoms with E-state index in [-0.39, 0.29) is 5.41 Å². The number of hydrogen-bond donors (Lipinski definition) is 0. The fourth-order valence-electron chi connectivity index (χ4n) is 1.25. The zero-order chi connectivity index (χ0) is 12.7. The Kier molecular flexibility index (Phi) is 4.83. The topological polar surface area (TPSA) is 25.8 Å². The van der Waals surface area contributed by atoms with Crippen LogP contribution in [0.25, 0.3) is 0 Å². The molecule has 0 aliphatic rings. The molecule has 2 aromatic heterocycles. The van der Waals surface area contributed by atoms with E-state index in [1.807, 2.05) is 37.5 Å². The van der Waals surface area contributed by atoms with E-state index in [9.17, 15) is 0 Å². The second-order valence-electron chi connectivity index (χ2n) is 5.02. The molecule has 0 saturated heterocycles. The highest BCUT2D eigenvalue weighted by molar-refractivity contribution is 5.17. The van der Waals surface area contributed by atoms with E-state index in [2.05, 4.69) is 36.8 Å². The fourth-order valence-corrected chi connectivity index (χ4v) is 1.25. The molecule has 2 heteroatoms. The summed E-state index contributed by atoms with van der Waals surface area (Å²) < 4.78 is 0. The zero-order valence-electron chi connectivity index (χ0n) is 11.0. The number of hydrogen-bond acceptors (Lipinski definition) is 2. The van der Waals surface area contributed by atoms with E-state index in [0.717, 1.165) is 0 Å². The van der Waals surface area contributed by atoms with Crippen molar-refractivity contribution in [3.63, 3.8) is 0 Å². The van der Waals surface area contributed by atoms with Gasteiger partial charge in [0, 0.05) is 24.8 Å². The van der Waals surface area contributed by atoms with Crippen LogP contribution in [0.2, 0.25) is 0 Å². The summed E-state index contributed by atoms with van der Waals surface area (Å²) in [6.45, 7) is 8.57. The van der Waals surface area contributed by atoms with Crippen LogP contribution >= 0.6 is 0 Å². The smallest absolute Gasteiger partial charge is 0.0305 e. The molecule has 2 aromatic rings. The van der Waals surface area contributed by atoms with E-state index >= 15 is 0 Å². The second kappa shape index (κ2) is 6.14. The van der Waals surface area contributed by atoms with Gasteiger partial charge in [-0.1, -0.05) is 32.9 Å². The van der Waals surface area contributed by atoms with Crippen molar-refractivity contribution in [2.75, 3.05) is 0 Å². The third-order valence-electron chi connectivity index (χ3n) is 2.34. The quantitative estimate of drug-likeness (QED) is 0.686. The van der Waals surface area contributed by atoms with Gasteiger partial charge in [-0.15, -0.1) is 0 Å². The van der Waals surface area contributed by atoms with E-state index in [4.69, 9.17) is 0 Å². The van der Waals surface area contributed by atoms with Crippen molar-refractivity contribution in [1.82, 2.24) is 9.97 Å². The van der Waals surface area contributed by atoms with Crippen molar-refractivity contribution in [2.45, 2.75) is 33.1 Å². The molecule has 0 amide bonds. The number of pyridine rings is 2. The van der Waals surface area contributed by atoms with Crippen LogP contribution in [-0.4, -0.2) is 9.97 Å². The van der Waals surface area contributed by atoms with Gasteiger partial charge in [0.1, 0.15) is 0 Å². The van der Waals surface area contributed by atoms with Crippen molar-refractivity contribution >= 4 is 0 Å². The van der Waals surface area contributed by atoms with Crippen LogP contribution in [0, 0.1) is 6.92 Å². The molecular weight excluding hydrogens is 208 g/mol. The molecular formula is C15H20N2. The van der Waals surface area contributed by atoms with Crippen LogP contribution in [0.1, 0.15) is 31.9 Å². The normalized spacial score (nSPS) is 10.4. The molecule has 0 saturated carbocycles. The standard InChI is InChI=1S/C9H13N.C6H7N/c1-9(2,3)8-5-4-6-10-7-8;1-6-3-2-4-7-5-6/h4-7H,1-3H3;2-5H,1H3. The molecule has 2 heterocycles. The number of nitrogens with zero attached hydrogens (tertiary/aromatic N) is 2. The summed E-state index contributed by atoms with van der Waals surface area (Å²) in [6, 6.07) is 8.02. The van der Waals surface area contributed by atoms with Gasteiger partial charge in [-0.3, -0.25) is 9.97 Å². The van der Waals surface area contributed by atoms with Gasteiger partial charge in [-0.2, -0.15) is 0 Å². The van der Waals surface area contributed by atoms with Crippen LogP contribution in [0.4, 0.5) is 0 Å². The van der Waals surface area contributed by atoms with Gasteiger partial charge in [-0.05, 0) is 35.6 Å². The molecule has 0 aliphatic carbocycles. The van der Waals surface area contributed by atoms with Gasteiger partial charge in [0.2, 0.25) is 0 Å². The van der Waals surface area contributed by atoms with E-state index in [0.29, 0.717) is 0 Å². The minimum atomic E-state index is 0.230. The van der Waals surface area contributed by atoms with Crippen molar-refractivity contribution in [3.05, 3.63) is 60.2 Å². The summed E-state index contributed by atoms with van der Waals surface area (Å²) in [6.07, 6.45) is 7.32. The highest BCUT2D eigenvalue weighted by Crippen LogP contribution is 2.19. The molecule has 90 valence electrons. The highest BCUT2D eigenvalue weighted by Gasteiger charge is 2.11. The lowest BCUT2D eigenvalue weighted by Crippen LogP contribution is -2.10. The van der Waals surface area contributed by atoms with Crippen LogP contribution in [0.3, 0.4) is 0 Å². The lowest BCUT2D eigenvalue weighted by molar-refractivity contribution is 0.587. The second-order valence-corrected chi connectivity index (χ2v) is 5.02. The van der Waals surface area contributed by atoms with Gasteiger partial charge in [0.25, 0.3) is 0 Å². The maximum absolute atomic E-state index is 4.05. The van der Waals surface area contributed by atoms with Gasteiger partial charge < -0.3 is 0 Å². The third-order valence-corrected chi connectivity index (χ3v) is 2.34. The summed E-state index contributed by atoms with van der Waals surface area (Å²) in [5.74, 6) is 0. The maximum Gasteiger partial charge on any atom is 0.0305 e. The van der Waals surface area contributed by atoms with Crippen molar-refractivity contribution < 1.29 is 0 Å². The molecule has 0 aromatic carbocycles. The van der Waals surface area contributed by atoms with Crippen LogP contribution in [-0.2, 0) is 5.41 Å². The van der Waals surface area contributed by atoms with Crippen molar-refractivity contribution in [2.24, 2.45) is 0 Å². The summed E-state index contributed by atoms with van der Waals surface area (Å²) in [4.78, 5) is 7.94. The summed E-state index contributed by atoms with van der Waals surface area (Å²) >= 11 is 0. The molecule has 0 fully saturated rings. The molecule has 2 rings (SSSR count).